The summed E-state index contributed by atoms with van der Waals surface area (Å²) in [7, 11) is 0. The number of quaternary nitrogens is 1. The van der Waals surface area contributed by atoms with E-state index in [9.17, 15) is 10.2 Å². The number of rotatable bonds is 4. The highest BCUT2D eigenvalue weighted by Gasteiger charge is 2.66. The Morgan fingerprint density at radius 3 is 2.42 bits per heavy atom. The van der Waals surface area contributed by atoms with Crippen LogP contribution in [0.5, 0.6) is 0 Å². The molecule has 36 heavy (non-hydrogen) atoms. The number of hydrogen-bond acceptors (Lipinski definition) is 4. The molecule has 0 radical (unpaired) electrons. The monoisotopic (exact) mass is 566 g/mol. The minimum Gasteiger partial charge on any atom is -1.00 e. The highest BCUT2D eigenvalue weighted by Crippen LogP contribution is 2.67. The second-order valence-electron chi connectivity index (χ2n) is 14.0. The van der Waals surface area contributed by atoms with Crippen LogP contribution in [-0.2, 0) is 4.74 Å². The smallest absolute Gasteiger partial charge is 0.116 e. The molecule has 0 bridgehead atoms. The fourth-order valence-electron chi connectivity index (χ4n) is 10.9. The maximum Gasteiger partial charge on any atom is 0.116 e. The molecule has 6 aliphatic rings. The fraction of sp³-hybridized carbons (Fsp3) is 0.933. The van der Waals surface area contributed by atoms with Gasteiger partial charge < -0.3 is 36.4 Å². The molecule has 6 fully saturated rings. The molecule has 206 valence electrons. The van der Waals surface area contributed by atoms with Gasteiger partial charge in [-0.3, -0.25) is 4.90 Å². The van der Waals surface area contributed by atoms with Gasteiger partial charge in [-0.1, -0.05) is 20.4 Å². The summed E-state index contributed by atoms with van der Waals surface area (Å²) in [6.45, 7) is 16.2. The van der Waals surface area contributed by atoms with Gasteiger partial charge >= 0.3 is 0 Å². The molecule has 0 unspecified atom stereocenters. The van der Waals surface area contributed by atoms with Crippen molar-refractivity contribution < 1.29 is 36.4 Å². The van der Waals surface area contributed by atoms with Crippen LogP contribution in [-0.4, -0.2) is 89.8 Å². The number of aliphatic hydroxyl groups excluding tert-OH is 2. The van der Waals surface area contributed by atoms with E-state index in [1.807, 2.05) is 0 Å². The van der Waals surface area contributed by atoms with Gasteiger partial charge in [0, 0.05) is 43.8 Å². The summed E-state index contributed by atoms with van der Waals surface area (Å²) in [4.78, 5) is 2.54. The Hall–Kier alpha value is 0.0200. The van der Waals surface area contributed by atoms with E-state index in [0.29, 0.717) is 29.3 Å². The first-order valence-corrected chi connectivity index (χ1v) is 15.0. The van der Waals surface area contributed by atoms with Crippen LogP contribution < -0.4 is 17.0 Å². The molecule has 0 aromatic carbocycles. The van der Waals surface area contributed by atoms with Crippen molar-refractivity contribution in [3.05, 3.63) is 12.7 Å². The summed E-state index contributed by atoms with van der Waals surface area (Å²) in [5.41, 5.74) is 0.387. The minimum atomic E-state index is -0.187. The molecule has 0 spiro atoms. The molecule has 10 atom stereocenters. The predicted octanol–water partition coefficient (Wildman–Crippen LogP) is 0.841. The van der Waals surface area contributed by atoms with Gasteiger partial charge in [0.15, 0.2) is 0 Å². The molecule has 2 aliphatic heterocycles. The summed E-state index contributed by atoms with van der Waals surface area (Å²) in [5.74, 6) is 2.78. The minimum absolute atomic E-state index is 0. The van der Waals surface area contributed by atoms with Gasteiger partial charge in [-0.2, -0.15) is 0 Å². The van der Waals surface area contributed by atoms with E-state index in [1.54, 1.807) is 0 Å². The summed E-state index contributed by atoms with van der Waals surface area (Å²) < 4.78 is 6.73. The summed E-state index contributed by atoms with van der Waals surface area (Å²) in [5, 5.41) is 23.1. The Morgan fingerprint density at radius 2 is 1.72 bits per heavy atom. The lowest BCUT2D eigenvalue weighted by Crippen LogP contribution is -3.00. The van der Waals surface area contributed by atoms with Crippen LogP contribution in [0.3, 0.4) is 0 Å². The Balaban J connectivity index is 0.00000267. The Bertz CT molecular complexity index is 799. The van der Waals surface area contributed by atoms with Crippen LogP contribution in [0.1, 0.15) is 71.6 Å². The topological polar surface area (TPSA) is 52.9 Å². The number of likely N-dealkylation sites (tertiary alicyclic amines) is 1. The molecule has 4 saturated carbocycles. The summed E-state index contributed by atoms with van der Waals surface area (Å²) in [6, 6.07) is 0.684. The van der Waals surface area contributed by atoms with Gasteiger partial charge in [-0.15, -0.1) is 0 Å². The van der Waals surface area contributed by atoms with Gasteiger partial charge in [0.25, 0.3) is 0 Å². The lowest BCUT2D eigenvalue weighted by atomic mass is 9.44. The van der Waals surface area contributed by atoms with Gasteiger partial charge in [0.2, 0.25) is 0 Å². The van der Waals surface area contributed by atoms with Crippen molar-refractivity contribution in [1.82, 2.24) is 4.90 Å². The molecule has 2 N–H and O–H groups in total. The van der Waals surface area contributed by atoms with Crippen LogP contribution in [0.4, 0.5) is 0 Å². The van der Waals surface area contributed by atoms with E-state index in [-0.39, 0.29) is 34.6 Å². The van der Waals surface area contributed by atoms with Gasteiger partial charge in [-0.25, -0.2) is 0 Å². The number of ether oxygens (including phenoxy) is 1. The third-order valence-electron chi connectivity index (χ3n) is 12.8. The first kappa shape index (κ1) is 27.6. The largest absolute Gasteiger partial charge is 1.00 e. The highest BCUT2D eigenvalue weighted by molar-refractivity contribution is 5.13. The van der Waals surface area contributed by atoms with Crippen LogP contribution in [0.2, 0.25) is 0 Å². The van der Waals surface area contributed by atoms with E-state index in [1.165, 1.54) is 58.0 Å². The second-order valence-corrected chi connectivity index (χ2v) is 14.0. The molecule has 0 aromatic heterocycles. The lowest BCUT2D eigenvalue weighted by Gasteiger charge is -2.62. The number of nitrogens with zero attached hydrogens (tertiary/aromatic N) is 2. The SMILES string of the molecule is C=CC[N+]1([C@H]2C[C@H]3[C@@H]4CC[C@H]5C[C@H](O)[C@@H](N6CCOCC6)C[C@]5(C)[C@H]4CC[C@]3(C)[C@H]2O)CCCC1.[Br-]. The zero-order valence-corrected chi connectivity index (χ0v) is 24.4. The zero-order chi connectivity index (χ0) is 24.4. The molecule has 6 heteroatoms. The lowest BCUT2D eigenvalue weighted by molar-refractivity contribution is -0.938. The first-order valence-electron chi connectivity index (χ1n) is 15.0. The number of aliphatic hydroxyl groups is 2. The third-order valence-corrected chi connectivity index (χ3v) is 12.8. The third kappa shape index (κ3) is 4.11. The normalized spacial score (nSPS) is 50.4. The number of halogens is 1. The number of fused-ring (bicyclic) bond motifs is 5. The fourth-order valence-corrected chi connectivity index (χ4v) is 10.9. The molecular formula is C30H51BrN2O3. The average molecular weight is 568 g/mol. The Morgan fingerprint density at radius 1 is 1.00 bits per heavy atom. The second kappa shape index (κ2) is 10.2. The van der Waals surface area contributed by atoms with Crippen molar-refractivity contribution in [3.63, 3.8) is 0 Å². The Labute approximate surface area is 230 Å². The van der Waals surface area contributed by atoms with E-state index >= 15 is 0 Å². The van der Waals surface area contributed by atoms with Crippen LogP contribution in [0.15, 0.2) is 12.7 Å². The molecule has 6 rings (SSSR count). The molecular weight excluding hydrogens is 516 g/mol. The maximum absolute atomic E-state index is 11.9. The van der Waals surface area contributed by atoms with Crippen molar-refractivity contribution in [1.29, 1.82) is 0 Å². The van der Waals surface area contributed by atoms with Crippen LogP contribution in [0, 0.1) is 34.5 Å². The van der Waals surface area contributed by atoms with E-state index < -0.39 is 0 Å². The highest BCUT2D eigenvalue weighted by atomic mass is 79.9. The molecule has 2 saturated heterocycles. The average Bonchev–Trinajstić information content (AvgIpc) is 3.43. The van der Waals surface area contributed by atoms with Crippen molar-refractivity contribution in [2.45, 2.75) is 95.9 Å². The van der Waals surface area contributed by atoms with E-state index in [4.69, 9.17) is 4.74 Å². The maximum atomic E-state index is 11.9. The molecule has 4 aliphatic carbocycles. The summed E-state index contributed by atoms with van der Waals surface area (Å²) >= 11 is 0. The standard InChI is InChI=1S/C30H51N2O3.BrH/c1-4-13-32(14-5-6-15-32)26-19-24-22-8-7-21-18-27(33)25(31-11-16-35-17-12-31)20-30(21,3)23(22)9-10-29(24,2)28(26)34;/h4,21-28,33-34H,1,5-20H2,2-3H3;1H/q+1;/p-1/t21-,22+,23-,24-,25-,26-,27-,28-,29-,30-;/m0./s1. The van der Waals surface area contributed by atoms with Gasteiger partial charge in [0.1, 0.15) is 12.1 Å². The van der Waals surface area contributed by atoms with Crippen LogP contribution >= 0.6 is 0 Å². The van der Waals surface area contributed by atoms with Gasteiger partial charge in [-0.05, 0) is 73.7 Å². The molecule has 0 amide bonds. The van der Waals surface area contributed by atoms with E-state index in [0.717, 1.165) is 62.0 Å². The van der Waals surface area contributed by atoms with Crippen molar-refractivity contribution in [3.8, 4) is 0 Å². The van der Waals surface area contributed by atoms with Crippen molar-refractivity contribution >= 4 is 0 Å². The van der Waals surface area contributed by atoms with Crippen molar-refractivity contribution in [2.24, 2.45) is 34.5 Å². The Kier molecular flexibility index (Phi) is 7.82. The van der Waals surface area contributed by atoms with Crippen LogP contribution in [0.25, 0.3) is 0 Å². The molecule has 5 nitrogen and oxygen atoms in total. The number of morpholine rings is 1. The summed E-state index contributed by atoms with van der Waals surface area (Å²) in [6.07, 6.45) is 12.7. The first-order chi connectivity index (χ1) is 16.8. The molecule has 0 aromatic rings. The van der Waals surface area contributed by atoms with E-state index in [2.05, 4.69) is 31.4 Å². The quantitative estimate of drug-likeness (QED) is 0.391. The predicted molar refractivity (Wildman–Crippen MR) is 139 cm³/mol. The molecule has 2 heterocycles. The number of hydrogen-bond donors (Lipinski definition) is 2. The van der Waals surface area contributed by atoms with Crippen molar-refractivity contribution in [2.75, 3.05) is 45.9 Å². The van der Waals surface area contributed by atoms with Gasteiger partial charge in [0.05, 0.1) is 39.0 Å². The zero-order valence-electron chi connectivity index (χ0n) is 22.8.